The van der Waals surface area contributed by atoms with E-state index >= 15 is 0 Å². The van der Waals surface area contributed by atoms with Gasteiger partial charge in [0.05, 0.1) is 6.04 Å². The van der Waals surface area contributed by atoms with E-state index in [1.54, 1.807) is 4.68 Å². The highest BCUT2D eigenvalue weighted by Crippen LogP contribution is 2.20. The molecule has 0 radical (unpaired) electrons. The van der Waals surface area contributed by atoms with Gasteiger partial charge in [0.2, 0.25) is 0 Å². The average Bonchev–Trinajstić information content (AvgIpc) is 2.45. The molecule has 0 spiro atoms. The number of nitrogen functional groups attached to an aromatic ring is 1. The minimum Gasteiger partial charge on any atom is -0.384 e. The lowest BCUT2D eigenvalue weighted by Crippen LogP contribution is -2.15. The summed E-state index contributed by atoms with van der Waals surface area (Å²) in [6, 6.07) is 1.78. The van der Waals surface area contributed by atoms with Crippen LogP contribution in [0.15, 0.2) is 10.9 Å². The molecule has 0 saturated heterocycles. The van der Waals surface area contributed by atoms with Crippen molar-refractivity contribution in [2.45, 2.75) is 45.6 Å². The molecule has 1 aromatic heterocycles. The summed E-state index contributed by atoms with van der Waals surface area (Å²) < 4.78 is 1.80. The monoisotopic (exact) mass is 197 g/mol. The Hall–Kier alpha value is -1.19. The van der Waals surface area contributed by atoms with Gasteiger partial charge in [-0.3, -0.25) is 14.6 Å². The van der Waals surface area contributed by atoms with Gasteiger partial charge in [0.25, 0.3) is 5.56 Å². The smallest absolute Gasteiger partial charge is 0.266 e. The third-order valence-electron chi connectivity index (χ3n) is 2.40. The molecule has 0 amide bonds. The number of H-pyrrole nitrogens is 1. The lowest BCUT2D eigenvalue weighted by molar-refractivity contribution is 0.395. The quantitative estimate of drug-likeness (QED) is 0.757. The van der Waals surface area contributed by atoms with Gasteiger partial charge in [-0.15, -0.1) is 0 Å². The number of nitrogens with zero attached hydrogens (tertiary/aromatic N) is 1. The summed E-state index contributed by atoms with van der Waals surface area (Å²) in [5.74, 6) is 0.543. The second kappa shape index (κ2) is 4.88. The highest BCUT2D eigenvalue weighted by molar-refractivity contribution is 5.26. The number of hydrogen-bond donors (Lipinski definition) is 2. The molecule has 0 bridgehead atoms. The lowest BCUT2D eigenvalue weighted by Gasteiger charge is -2.17. The molecule has 1 heterocycles. The molecule has 0 aliphatic heterocycles. The molecule has 1 aromatic rings. The van der Waals surface area contributed by atoms with Crippen LogP contribution < -0.4 is 11.3 Å². The van der Waals surface area contributed by atoms with Crippen LogP contribution in [0.25, 0.3) is 0 Å². The molecule has 0 aliphatic rings. The molecule has 4 nitrogen and oxygen atoms in total. The topological polar surface area (TPSA) is 63.8 Å². The molecule has 0 saturated carbocycles. The van der Waals surface area contributed by atoms with Crippen LogP contribution in [0.3, 0.4) is 0 Å². The number of aromatic nitrogens is 2. The summed E-state index contributed by atoms with van der Waals surface area (Å²) in [7, 11) is 0. The summed E-state index contributed by atoms with van der Waals surface area (Å²) in [6.07, 6.45) is 4.32. The van der Waals surface area contributed by atoms with Crippen LogP contribution in [0.2, 0.25) is 0 Å². The number of nitrogens with one attached hydrogen (secondary N) is 1. The van der Waals surface area contributed by atoms with Crippen LogP contribution in [0.5, 0.6) is 0 Å². The van der Waals surface area contributed by atoms with Crippen molar-refractivity contribution < 1.29 is 0 Å². The summed E-state index contributed by atoms with van der Waals surface area (Å²) in [4.78, 5) is 11.1. The van der Waals surface area contributed by atoms with Crippen molar-refractivity contribution in [3.05, 3.63) is 16.4 Å². The van der Waals surface area contributed by atoms with Gasteiger partial charge in [-0.05, 0) is 12.8 Å². The predicted octanol–water partition coefficient (Wildman–Crippen LogP) is 1.90. The SMILES string of the molecule is CCCC(CCC)n1[nH]c(=O)cc1N. The van der Waals surface area contributed by atoms with E-state index in [-0.39, 0.29) is 5.56 Å². The van der Waals surface area contributed by atoms with Crippen molar-refractivity contribution in [2.75, 3.05) is 5.73 Å². The van der Waals surface area contributed by atoms with Crippen LogP contribution in [0, 0.1) is 0 Å². The molecule has 1 rings (SSSR count). The van der Waals surface area contributed by atoms with Crippen molar-refractivity contribution in [1.29, 1.82) is 0 Å². The van der Waals surface area contributed by atoms with E-state index in [1.165, 1.54) is 6.07 Å². The third-order valence-corrected chi connectivity index (χ3v) is 2.40. The zero-order valence-electron chi connectivity index (χ0n) is 8.92. The Morgan fingerprint density at radius 3 is 2.36 bits per heavy atom. The molecule has 4 heteroatoms. The highest BCUT2D eigenvalue weighted by atomic mass is 16.1. The Bertz CT molecular complexity index is 320. The van der Waals surface area contributed by atoms with Gasteiger partial charge in [0.15, 0.2) is 0 Å². The first-order valence-corrected chi connectivity index (χ1v) is 5.26. The molecule has 0 unspecified atom stereocenters. The molecule has 0 atom stereocenters. The van der Waals surface area contributed by atoms with E-state index in [9.17, 15) is 4.79 Å². The first kappa shape index (κ1) is 10.9. The normalized spacial score (nSPS) is 11.1. The molecule has 3 N–H and O–H groups in total. The molecule has 0 aromatic carbocycles. The van der Waals surface area contributed by atoms with Gasteiger partial charge >= 0.3 is 0 Å². The van der Waals surface area contributed by atoms with E-state index in [0.717, 1.165) is 25.7 Å². The van der Waals surface area contributed by atoms with Gasteiger partial charge in [-0.1, -0.05) is 26.7 Å². The molecule has 14 heavy (non-hydrogen) atoms. The van der Waals surface area contributed by atoms with Crippen LogP contribution in [-0.4, -0.2) is 9.78 Å². The van der Waals surface area contributed by atoms with Crippen molar-refractivity contribution >= 4 is 5.82 Å². The van der Waals surface area contributed by atoms with Crippen molar-refractivity contribution in [2.24, 2.45) is 0 Å². The number of nitrogens with two attached hydrogens (primary N) is 1. The van der Waals surface area contributed by atoms with Gasteiger partial charge in [-0.25, -0.2) is 0 Å². The van der Waals surface area contributed by atoms with Gasteiger partial charge in [0.1, 0.15) is 5.82 Å². The maximum atomic E-state index is 11.1. The third kappa shape index (κ3) is 2.40. The standard InChI is InChI=1S/C10H19N3O/c1-3-5-8(6-4-2)13-9(11)7-10(14)12-13/h7-8H,3-6,11H2,1-2H3,(H,12,14). The fourth-order valence-corrected chi connectivity index (χ4v) is 1.79. The Morgan fingerprint density at radius 2 is 2.00 bits per heavy atom. The molecule has 0 aliphatic carbocycles. The number of anilines is 1. The van der Waals surface area contributed by atoms with E-state index in [4.69, 9.17) is 5.73 Å². The van der Waals surface area contributed by atoms with Crippen LogP contribution in [-0.2, 0) is 0 Å². The van der Waals surface area contributed by atoms with Gasteiger partial charge < -0.3 is 5.73 Å². The summed E-state index contributed by atoms with van der Waals surface area (Å²) >= 11 is 0. The predicted molar refractivity (Wildman–Crippen MR) is 58.3 cm³/mol. The molecular weight excluding hydrogens is 178 g/mol. The molecule has 80 valence electrons. The maximum absolute atomic E-state index is 11.1. The first-order chi connectivity index (χ1) is 6.69. The highest BCUT2D eigenvalue weighted by Gasteiger charge is 2.11. The largest absolute Gasteiger partial charge is 0.384 e. The van der Waals surface area contributed by atoms with E-state index in [1.807, 2.05) is 0 Å². The summed E-state index contributed by atoms with van der Waals surface area (Å²) in [5, 5.41) is 2.75. The fraction of sp³-hybridized carbons (Fsp3) is 0.700. The average molecular weight is 197 g/mol. The molecule has 0 fully saturated rings. The van der Waals surface area contributed by atoms with E-state index in [2.05, 4.69) is 18.9 Å². The van der Waals surface area contributed by atoms with E-state index in [0.29, 0.717) is 11.9 Å². The van der Waals surface area contributed by atoms with Gasteiger partial charge in [0, 0.05) is 6.07 Å². The molecular formula is C10H19N3O. The second-order valence-electron chi connectivity index (χ2n) is 3.65. The summed E-state index contributed by atoms with van der Waals surface area (Å²) in [6.45, 7) is 4.28. The Labute approximate surface area is 84.1 Å². The van der Waals surface area contributed by atoms with Crippen molar-refractivity contribution in [3.63, 3.8) is 0 Å². The fourth-order valence-electron chi connectivity index (χ4n) is 1.79. The maximum Gasteiger partial charge on any atom is 0.266 e. The summed E-state index contributed by atoms with van der Waals surface area (Å²) in [5.41, 5.74) is 5.62. The van der Waals surface area contributed by atoms with Crippen LogP contribution >= 0.6 is 0 Å². The Kier molecular flexibility index (Phi) is 3.80. The lowest BCUT2D eigenvalue weighted by atomic mass is 10.1. The minimum absolute atomic E-state index is 0.111. The number of hydrogen-bond acceptors (Lipinski definition) is 2. The van der Waals surface area contributed by atoms with E-state index < -0.39 is 0 Å². The van der Waals surface area contributed by atoms with Gasteiger partial charge in [-0.2, -0.15) is 0 Å². The van der Waals surface area contributed by atoms with Crippen molar-refractivity contribution in [1.82, 2.24) is 9.78 Å². The minimum atomic E-state index is -0.111. The number of aromatic amines is 1. The van der Waals surface area contributed by atoms with Crippen molar-refractivity contribution in [3.8, 4) is 0 Å². The second-order valence-corrected chi connectivity index (χ2v) is 3.65. The zero-order chi connectivity index (χ0) is 10.6. The van der Waals surface area contributed by atoms with Crippen LogP contribution in [0.4, 0.5) is 5.82 Å². The Balaban J connectivity index is 2.86. The first-order valence-electron chi connectivity index (χ1n) is 5.26. The Morgan fingerprint density at radius 1 is 1.43 bits per heavy atom. The number of rotatable bonds is 5. The van der Waals surface area contributed by atoms with Crippen LogP contribution in [0.1, 0.15) is 45.6 Å². The zero-order valence-corrected chi connectivity index (χ0v) is 8.92.